The summed E-state index contributed by atoms with van der Waals surface area (Å²) < 4.78 is 13.5. The van der Waals surface area contributed by atoms with Crippen molar-refractivity contribution in [1.82, 2.24) is 19.5 Å². The fraction of sp³-hybridized carbons (Fsp3) is 0.647. The predicted molar refractivity (Wildman–Crippen MR) is 104 cm³/mol. The smallest absolute Gasteiger partial charge is 0.236 e. The molecule has 28 heavy (non-hydrogen) atoms. The maximum Gasteiger partial charge on any atom is 0.236 e. The van der Waals surface area contributed by atoms with Crippen molar-refractivity contribution < 1.29 is 19.4 Å². The van der Waals surface area contributed by atoms with E-state index in [1.165, 1.54) is 10.9 Å². The molecule has 0 radical (unpaired) electrons. The van der Waals surface area contributed by atoms with Gasteiger partial charge in [0.2, 0.25) is 5.82 Å². The highest BCUT2D eigenvalue weighted by atomic mass is 28.4. The van der Waals surface area contributed by atoms with Crippen LogP contribution in [0.4, 0.5) is 5.82 Å². The van der Waals surface area contributed by atoms with Gasteiger partial charge in [0.05, 0.1) is 12.9 Å². The number of aliphatic hydroxyl groups is 2. The quantitative estimate of drug-likeness (QED) is 0.629. The van der Waals surface area contributed by atoms with Gasteiger partial charge in [-0.05, 0) is 18.1 Å². The highest BCUT2D eigenvalue weighted by molar-refractivity contribution is 6.74. The minimum atomic E-state index is -2.04. The molecule has 3 rings (SSSR count). The van der Waals surface area contributed by atoms with Crippen molar-refractivity contribution in [3.05, 3.63) is 12.2 Å². The van der Waals surface area contributed by atoms with Gasteiger partial charge in [-0.2, -0.15) is 15.2 Å². The first kappa shape index (κ1) is 20.6. The number of ether oxygens (including phenoxy) is 1. The van der Waals surface area contributed by atoms with Gasteiger partial charge in [-0.1, -0.05) is 20.8 Å². The Hall–Kier alpha value is -2.10. The summed E-state index contributed by atoms with van der Waals surface area (Å²) in [6.07, 6.45) is -2.60. The summed E-state index contributed by atoms with van der Waals surface area (Å²) in [4.78, 5) is 12.1. The Bertz CT molecular complexity index is 919. The molecule has 10 nitrogen and oxygen atoms in total. The molecule has 0 unspecified atom stereocenters. The molecule has 11 heteroatoms. The van der Waals surface area contributed by atoms with Gasteiger partial charge in [-0.15, -0.1) is 0 Å². The number of fused-ring (bicyclic) bond motifs is 1. The molecule has 1 saturated heterocycles. The average molecular weight is 407 g/mol. The first-order chi connectivity index (χ1) is 13.0. The van der Waals surface area contributed by atoms with E-state index in [4.69, 9.17) is 20.2 Å². The lowest BCUT2D eigenvalue weighted by Crippen LogP contribution is -2.44. The van der Waals surface area contributed by atoms with Crippen molar-refractivity contribution in [3.8, 4) is 6.07 Å². The first-order valence-corrected chi connectivity index (χ1v) is 11.9. The Labute approximate surface area is 164 Å². The van der Waals surface area contributed by atoms with Gasteiger partial charge in [0.25, 0.3) is 0 Å². The molecule has 2 aromatic rings. The molecule has 3 heterocycles. The van der Waals surface area contributed by atoms with Gasteiger partial charge in [0, 0.05) is 0 Å². The molecule has 0 aromatic carbocycles. The molecule has 2 aromatic heterocycles. The summed E-state index contributed by atoms with van der Waals surface area (Å²) in [7, 11) is -2.04. The van der Waals surface area contributed by atoms with Crippen molar-refractivity contribution in [2.75, 3.05) is 12.3 Å². The van der Waals surface area contributed by atoms with Crippen LogP contribution in [0.2, 0.25) is 18.1 Å². The zero-order chi connectivity index (χ0) is 20.9. The fourth-order valence-electron chi connectivity index (χ4n) is 2.78. The number of nitrogens with zero attached hydrogens (tertiary/aromatic N) is 5. The molecular formula is C17H26N6O4Si. The summed E-state index contributed by atoms with van der Waals surface area (Å²) in [5, 5.41) is 30.1. The van der Waals surface area contributed by atoms with Crippen LogP contribution in [0.15, 0.2) is 6.33 Å². The van der Waals surface area contributed by atoms with E-state index in [9.17, 15) is 10.2 Å². The fourth-order valence-corrected chi connectivity index (χ4v) is 3.79. The third-order valence-corrected chi connectivity index (χ3v) is 10.1. The second kappa shape index (κ2) is 7.05. The third kappa shape index (κ3) is 3.49. The number of nitrogens with two attached hydrogens (primary N) is 1. The Morgan fingerprint density at radius 2 is 2.00 bits per heavy atom. The first-order valence-electron chi connectivity index (χ1n) is 9.02. The van der Waals surface area contributed by atoms with Crippen LogP contribution in [0.3, 0.4) is 0 Å². The van der Waals surface area contributed by atoms with Crippen LogP contribution < -0.4 is 5.73 Å². The van der Waals surface area contributed by atoms with Crippen LogP contribution in [-0.2, 0) is 9.16 Å². The summed E-state index contributed by atoms with van der Waals surface area (Å²) >= 11 is 0. The summed E-state index contributed by atoms with van der Waals surface area (Å²) in [6.45, 7) is 10.7. The number of aliphatic hydroxyl groups excluding tert-OH is 2. The molecule has 4 N–H and O–H groups in total. The van der Waals surface area contributed by atoms with E-state index in [0.717, 1.165) is 0 Å². The van der Waals surface area contributed by atoms with Crippen molar-refractivity contribution in [2.24, 2.45) is 0 Å². The highest BCUT2D eigenvalue weighted by Gasteiger charge is 2.46. The number of hydrogen-bond acceptors (Lipinski definition) is 9. The molecule has 1 aliphatic rings. The van der Waals surface area contributed by atoms with Crippen molar-refractivity contribution in [1.29, 1.82) is 5.26 Å². The van der Waals surface area contributed by atoms with Crippen LogP contribution in [0.25, 0.3) is 11.2 Å². The number of imidazole rings is 1. The zero-order valence-electron chi connectivity index (χ0n) is 16.6. The lowest BCUT2D eigenvalue weighted by atomic mass is 10.1. The molecule has 0 saturated carbocycles. The topological polar surface area (TPSA) is 152 Å². The monoisotopic (exact) mass is 406 g/mol. The number of hydrogen-bond donors (Lipinski definition) is 3. The number of nitriles is 1. The number of rotatable bonds is 4. The lowest BCUT2D eigenvalue weighted by Gasteiger charge is -2.37. The SMILES string of the molecule is CC(C)(C)[Si](C)(C)OC[C@H]1O[C@@H](n2cnc3c(N)nc(C#N)nc32)[C@H](O)[C@@H]1O. The molecule has 1 aliphatic heterocycles. The van der Waals surface area contributed by atoms with Gasteiger partial charge in [0.1, 0.15) is 29.9 Å². The van der Waals surface area contributed by atoms with E-state index in [0.29, 0.717) is 5.52 Å². The lowest BCUT2D eigenvalue weighted by molar-refractivity contribution is -0.0491. The number of aromatic nitrogens is 4. The molecule has 0 bridgehead atoms. The molecule has 152 valence electrons. The van der Waals surface area contributed by atoms with Crippen LogP contribution in [0.1, 0.15) is 32.8 Å². The van der Waals surface area contributed by atoms with E-state index in [1.807, 2.05) is 6.07 Å². The van der Waals surface area contributed by atoms with E-state index in [-0.39, 0.29) is 28.9 Å². The largest absolute Gasteiger partial charge is 0.414 e. The van der Waals surface area contributed by atoms with Crippen LogP contribution in [-0.4, -0.2) is 63.0 Å². The second-order valence-electron chi connectivity index (χ2n) is 8.49. The third-order valence-electron chi connectivity index (χ3n) is 5.57. The van der Waals surface area contributed by atoms with Crippen molar-refractivity contribution >= 4 is 25.3 Å². The van der Waals surface area contributed by atoms with Crippen molar-refractivity contribution in [2.45, 2.75) is 63.4 Å². The molecule has 0 spiro atoms. The van der Waals surface area contributed by atoms with Crippen LogP contribution in [0, 0.1) is 11.3 Å². The van der Waals surface area contributed by atoms with E-state index < -0.39 is 32.9 Å². The zero-order valence-corrected chi connectivity index (χ0v) is 17.6. The van der Waals surface area contributed by atoms with Gasteiger partial charge >= 0.3 is 0 Å². The summed E-state index contributed by atoms with van der Waals surface area (Å²) in [5.74, 6) is -0.0521. The van der Waals surface area contributed by atoms with E-state index in [1.54, 1.807) is 0 Å². The van der Waals surface area contributed by atoms with Crippen molar-refractivity contribution in [3.63, 3.8) is 0 Å². The maximum atomic E-state index is 10.5. The Morgan fingerprint density at radius 1 is 1.32 bits per heavy atom. The predicted octanol–water partition coefficient (Wildman–Crippen LogP) is 0.921. The Kier molecular flexibility index (Phi) is 5.20. The van der Waals surface area contributed by atoms with Gasteiger partial charge in [0.15, 0.2) is 26.0 Å². The molecule has 1 fully saturated rings. The Morgan fingerprint density at radius 3 is 2.61 bits per heavy atom. The standard InChI is InChI=1S/C17H26N6O4Si/c1-17(2,3)28(4,5)26-7-9-12(24)13(25)16(27-9)23-8-20-11-14(19)21-10(6-18)22-15(11)23/h8-9,12-13,16,24-25H,7H2,1-5H3,(H2,19,21,22)/t9-,12-,13-,16-/m1/s1. The average Bonchev–Trinajstić information content (AvgIpc) is 3.15. The number of anilines is 1. The van der Waals surface area contributed by atoms with Gasteiger partial charge < -0.3 is 25.1 Å². The molecule has 0 aliphatic carbocycles. The second-order valence-corrected chi connectivity index (χ2v) is 13.3. The minimum absolute atomic E-state index is 0.0112. The molecule has 0 amide bonds. The molecular weight excluding hydrogens is 380 g/mol. The highest BCUT2D eigenvalue weighted by Crippen LogP contribution is 2.38. The van der Waals surface area contributed by atoms with E-state index >= 15 is 0 Å². The number of nitrogen functional groups attached to an aromatic ring is 1. The normalized spacial score (nSPS) is 25.9. The van der Waals surface area contributed by atoms with Crippen LogP contribution in [0.5, 0.6) is 0 Å². The van der Waals surface area contributed by atoms with Crippen LogP contribution >= 0.6 is 0 Å². The summed E-state index contributed by atoms with van der Waals surface area (Å²) in [6, 6.07) is 1.84. The Balaban J connectivity index is 1.84. The minimum Gasteiger partial charge on any atom is -0.414 e. The van der Waals surface area contributed by atoms with E-state index in [2.05, 4.69) is 48.8 Å². The molecule has 4 atom stereocenters. The maximum absolute atomic E-state index is 10.5. The van der Waals surface area contributed by atoms with Gasteiger partial charge in [-0.25, -0.2) is 4.98 Å². The summed E-state index contributed by atoms with van der Waals surface area (Å²) in [5.41, 5.74) is 6.38. The van der Waals surface area contributed by atoms with Gasteiger partial charge in [-0.3, -0.25) is 4.57 Å².